The van der Waals surface area contributed by atoms with Crippen LogP contribution in [-0.4, -0.2) is 0 Å². The van der Waals surface area contributed by atoms with E-state index in [1.165, 1.54) is 22.3 Å². The molecular weight excluding hydrogens is 396 g/mol. The molecule has 0 fully saturated rings. The molecule has 172 valence electrons. The van der Waals surface area contributed by atoms with Crippen LogP contribution in [0.1, 0.15) is 43.0 Å². The largest absolute Gasteiger partial charge is 0.102 e. The topological polar surface area (TPSA) is 0 Å². The van der Waals surface area contributed by atoms with Crippen molar-refractivity contribution in [2.75, 3.05) is 0 Å². The summed E-state index contributed by atoms with van der Waals surface area (Å²) in [5, 5.41) is 0. The molecule has 0 unspecified atom stereocenters. The van der Waals surface area contributed by atoms with Crippen molar-refractivity contribution in [3.63, 3.8) is 0 Å². The summed E-state index contributed by atoms with van der Waals surface area (Å²) in [5.41, 5.74) is 5.35. The van der Waals surface area contributed by atoms with Gasteiger partial charge in [-0.15, -0.1) is 13.2 Å². The number of benzene rings is 3. The van der Waals surface area contributed by atoms with Crippen molar-refractivity contribution in [1.29, 1.82) is 0 Å². The number of hydrogen-bond acceptors (Lipinski definition) is 0. The number of allylic oxidation sites excluding steroid dienone is 3. The van der Waals surface area contributed by atoms with Gasteiger partial charge in [-0.3, -0.25) is 0 Å². The lowest BCUT2D eigenvalue weighted by molar-refractivity contribution is 0.547. The van der Waals surface area contributed by atoms with E-state index in [0.717, 1.165) is 6.42 Å². The number of hydrogen-bond donors (Lipinski definition) is 0. The van der Waals surface area contributed by atoms with E-state index in [4.69, 9.17) is 0 Å². The summed E-state index contributed by atoms with van der Waals surface area (Å²) < 4.78 is 0. The van der Waals surface area contributed by atoms with Crippen molar-refractivity contribution in [2.45, 2.75) is 34.1 Å². The van der Waals surface area contributed by atoms with Gasteiger partial charge in [0.05, 0.1) is 0 Å². The van der Waals surface area contributed by atoms with E-state index < -0.39 is 0 Å². The molecule has 0 atom stereocenters. The van der Waals surface area contributed by atoms with E-state index in [2.05, 4.69) is 132 Å². The van der Waals surface area contributed by atoms with Crippen LogP contribution in [0.2, 0.25) is 0 Å². The molecule has 0 N–H and O–H groups in total. The first-order valence-corrected chi connectivity index (χ1v) is 11.5. The van der Waals surface area contributed by atoms with Crippen LogP contribution in [0.15, 0.2) is 123 Å². The molecule has 0 heterocycles. The fraction of sp³-hybridized carbons (Fsp3) is 0.212. The van der Waals surface area contributed by atoms with Crippen LogP contribution >= 0.6 is 0 Å². The van der Waals surface area contributed by atoms with Gasteiger partial charge in [0, 0.05) is 0 Å². The van der Waals surface area contributed by atoms with E-state index in [9.17, 15) is 0 Å². The SMILES string of the molecule is C=CC(C=C)Cc1ccccc1.C=Cc1ccc(C)cc1.CC(C)(C)C=Cc1ccccc1. The standard InChI is InChI=1S/C12H16.C12H14.C9H10/c1-12(2,3)10-9-11-7-5-4-6-8-11;1-3-11(4-2)10-12-8-6-5-7-9-12;1-3-9-6-4-8(2)5-7-9/h4-10H,1-3H3;3-9,11H,1-2,10H2;3-7H,1H2,2H3. The van der Waals surface area contributed by atoms with Gasteiger partial charge >= 0.3 is 0 Å². The maximum atomic E-state index is 3.76. The van der Waals surface area contributed by atoms with Crippen molar-refractivity contribution in [3.05, 3.63) is 145 Å². The lowest BCUT2D eigenvalue weighted by Gasteiger charge is -2.10. The van der Waals surface area contributed by atoms with Crippen LogP contribution in [0.25, 0.3) is 12.2 Å². The molecule has 0 aliphatic carbocycles. The molecule has 0 saturated heterocycles. The van der Waals surface area contributed by atoms with Crippen LogP contribution in [0.4, 0.5) is 0 Å². The molecule has 0 aliphatic heterocycles. The monoisotopic (exact) mass is 436 g/mol. The second-order valence-electron chi connectivity index (χ2n) is 9.05. The van der Waals surface area contributed by atoms with Crippen molar-refractivity contribution in [3.8, 4) is 0 Å². The lowest BCUT2D eigenvalue weighted by atomic mass is 9.95. The van der Waals surface area contributed by atoms with E-state index in [-0.39, 0.29) is 5.41 Å². The zero-order valence-corrected chi connectivity index (χ0v) is 20.9. The Morgan fingerprint density at radius 1 is 0.697 bits per heavy atom. The van der Waals surface area contributed by atoms with Crippen molar-refractivity contribution >= 4 is 12.2 Å². The first kappa shape index (κ1) is 27.7. The summed E-state index contributed by atoms with van der Waals surface area (Å²) >= 11 is 0. The van der Waals surface area contributed by atoms with Gasteiger partial charge in [-0.1, -0.05) is 148 Å². The summed E-state index contributed by atoms with van der Waals surface area (Å²) in [5.74, 6) is 0.396. The van der Waals surface area contributed by atoms with Gasteiger partial charge in [-0.05, 0) is 41.4 Å². The Morgan fingerprint density at radius 2 is 1.21 bits per heavy atom. The molecule has 33 heavy (non-hydrogen) atoms. The molecule has 3 aromatic carbocycles. The smallest absolute Gasteiger partial charge is 0.00184 e. The molecule has 0 amide bonds. The third-order valence-electron chi connectivity index (χ3n) is 4.81. The molecule has 0 nitrogen and oxygen atoms in total. The van der Waals surface area contributed by atoms with Crippen LogP contribution in [0.5, 0.6) is 0 Å². The maximum absolute atomic E-state index is 3.76. The van der Waals surface area contributed by atoms with Crippen LogP contribution in [0, 0.1) is 18.3 Å². The van der Waals surface area contributed by atoms with Gasteiger partial charge in [-0.25, -0.2) is 0 Å². The second-order valence-corrected chi connectivity index (χ2v) is 9.05. The highest BCUT2D eigenvalue weighted by Crippen LogP contribution is 2.16. The van der Waals surface area contributed by atoms with Gasteiger partial charge in [0.15, 0.2) is 0 Å². The minimum Gasteiger partial charge on any atom is -0.102 e. The Bertz CT molecular complexity index is 944. The maximum Gasteiger partial charge on any atom is -0.00184 e. The second kappa shape index (κ2) is 15.4. The highest BCUT2D eigenvalue weighted by atomic mass is 14.1. The van der Waals surface area contributed by atoms with Gasteiger partial charge in [0.1, 0.15) is 0 Å². The summed E-state index contributed by atoms with van der Waals surface area (Å²) in [6, 6.07) is 29.0. The van der Waals surface area contributed by atoms with Gasteiger partial charge in [-0.2, -0.15) is 0 Å². The van der Waals surface area contributed by atoms with Crippen LogP contribution in [-0.2, 0) is 6.42 Å². The first-order chi connectivity index (χ1) is 15.8. The van der Waals surface area contributed by atoms with Gasteiger partial charge < -0.3 is 0 Å². The zero-order chi connectivity index (χ0) is 24.5. The predicted molar refractivity (Wildman–Crippen MR) is 150 cm³/mol. The summed E-state index contributed by atoms with van der Waals surface area (Å²) in [7, 11) is 0. The fourth-order valence-electron chi connectivity index (χ4n) is 2.76. The Morgan fingerprint density at radius 3 is 1.67 bits per heavy atom. The summed E-state index contributed by atoms with van der Waals surface area (Å²) in [6.45, 7) is 19.9. The minimum atomic E-state index is 0.274. The van der Waals surface area contributed by atoms with Gasteiger partial charge in [0.2, 0.25) is 0 Å². The quantitative estimate of drug-likeness (QED) is 0.337. The highest BCUT2D eigenvalue weighted by Gasteiger charge is 2.02. The van der Waals surface area contributed by atoms with E-state index >= 15 is 0 Å². The minimum absolute atomic E-state index is 0.274. The Balaban J connectivity index is 0.000000250. The third-order valence-corrected chi connectivity index (χ3v) is 4.81. The number of rotatable bonds is 6. The molecule has 0 aliphatic rings. The molecule has 0 heteroatoms. The Kier molecular flexibility index (Phi) is 12.9. The molecule has 0 spiro atoms. The molecule has 0 radical (unpaired) electrons. The zero-order valence-electron chi connectivity index (χ0n) is 20.9. The third kappa shape index (κ3) is 13.6. The lowest BCUT2D eigenvalue weighted by Crippen LogP contribution is -1.97. The molecule has 0 aromatic heterocycles. The summed E-state index contributed by atoms with van der Waals surface area (Å²) in [6.07, 6.45) is 11.1. The van der Waals surface area contributed by atoms with Gasteiger partial charge in [0.25, 0.3) is 0 Å². The van der Waals surface area contributed by atoms with Crippen LogP contribution < -0.4 is 0 Å². The summed E-state index contributed by atoms with van der Waals surface area (Å²) in [4.78, 5) is 0. The van der Waals surface area contributed by atoms with E-state index in [1.807, 2.05) is 30.4 Å². The van der Waals surface area contributed by atoms with Crippen molar-refractivity contribution < 1.29 is 0 Å². The molecule has 0 saturated carbocycles. The average Bonchev–Trinajstić information content (AvgIpc) is 2.83. The Labute approximate surface area is 202 Å². The van der Waals surface area contributed by atoms with Crippen LogP contribution in [0.3, 0.4) is 0 Å². The van der Waals surface area contributed by atoms with E-state index in [0.29, 0.717) is 5.92 Å². The molecule has 3 aromatic rings. The highest BCUT2D eigenvalue weighted by molar-refractivity contribution is 5.49. The van der Waals surface area contributed by atoms with E-state index in [1.54, 1.807) is 0 Å². The normalized spacial score (nSPS) is 10.5. The van der Waals surface area contributed by atoms with Crippen molar-refractivity contribution in [1.82, 2.24) is 0 Å². The molecule has 0 bridgehead atoms. The van der Waals surface area contributed by atoms with Crippen molar-refractivity contribution in [2.24, 2.45) is 11.3 Å². The first-order valence-electron chi connectivity index (χ1n) is 11.5. The predicted octanol–water partition coefficient (Wildman–Crippen LogP) is 9.60. The average molecular weight is 437 g/mol. The number of aryl methyl sites for hydroxylation is 1. The Hall–Kier alpha value is -3.38. The molecular formula is C33H40. The fourth-order valence-corrected chi connectivity index (χ4v) is 2.76. The molecule has 3 rings (SSSR count).